The van der Waals surface area contributed by atoms with Crippen LogP contribution in [0.15, 0.2) is 42.6 Å². The normalized spacial score (nSPS) is 13.5. The van der Waals surface area contributed by atoms with Crippen LogP contribution >= 0.6 is 7.60 Å². The second kappa shape index (κ2) is 10.7. The van der Waals surface area contributed by atoms with Gasteiger partial charge in [0.25, 0.3) is 11.8 Å². The summed E-state index contributed by atoms with van der Waals surface area (Å²) in [6.45, 7) is 3.86. The summed E-state index contributed by atoms with van der Waals surface area (Å²) in [7, 11) is -3.28. The molecule has 1 aliphatic heterocycles. The number of imide groups is 1. The number of rotatable bonds is 11. The van der Waals surface area contributed by atoms with Crippen molar-refractivity contribution in [2.45, 2.75) is 26.8 Å². The molecule has 0 saturated heterocycles. The molecule has 11 heteroatoms. The average Bonchev–Trinajstić information content (AvgIpc) is 3.10. The van der Waals surface area contributed by atoms with Gasteiger partial charge in [-0.25, -0.2) is 4.39 Å². The molecule has 1 aromatic heterocycles. The Morgan fingerprint density at radius 2 is 1.69 bits per heavy atom. The molecule has 3 aromatic rings. The van der Waals surface area contributed by atoms with E-state index in [0.717, 1.165) is 4.90 Å². The number of hydrogen-bond acceptors (Lipinski definition) is 8. The zero-order valence-electron chi connectivity index (χ0n) is 19.9. The van der Waals surface area contributed by atoms with Gasteiger partial charge < -0.3 is 18.9 Å². The second-order valence-electron chi connectivity index (χ2n) is 8.02. The predicted molar refractivity (Wildman–Crippen MR) is 130 cm³/mol. The minimum atomic E-state index is -3.28. The SMILES string of the molecule is CCOP(=O)(CCCOc1c2c(c(O)c3ncccc13)C(=O)N(Cc1ccc(F)cc1)C2=O)OCC. The van der Waals surface area contributed by atoms with Crippen molar-refractivity contribution in [1.29, 1.82) is 0 Å². The van der Waals surface area contributed by atoms with Crippen LogP contribution in [0.2, 0.25) is 0 Å². The van der Waals surface area contributed by atoms with Crippen LogP contribution in [-0.2, 0) is 20.2 Å². The van der Waals surface area contributed by atoms with Gasteiger partial charge in [0.1, 0.15) is 22.6 Å². The molecule has 0 radical (unpaired) electrons. The quantitative estimate of drug-likeness (QED) is 0.217. The molecule has 0 spiro atoms. The predicted octanol–water partition coefficient (Wildman–Crippen LogP) is 4.91. The fourth-order valence-electron chi connectivity index (χ4n) is 4.09. The number of halogens is 1. The van der Waals surface area contributed by atoms with Crippen LogP contribution in [0, 0.1) is 5.82 Å². The smallest absolute Gasteiger partial charge is 0.330 e. The van der Waals surface area contributed by atoms with Crippen LogP contribution in [-0.4, -0.2) is 52.8 Å². The van der Waals surface area contributed by atoms with E-state index < -0.39 is 31.0 Å². The molecule has 1 aliphatic rings. The van der Waals surface area contributed by atoms with Crippen LogP contribution in [0.5, 0.6) is 11.5 Å². The molecule has 9 nitrogen and oxygen atoms in total. The van der Waals surface area contributed by atoms with Crippen LogP contribution < -0.4 is 4.74 Å². The maximum Gasteiger partial charge on any atom is 0.330 e. The first-order chi connectivity index (χ1) is 17.3. The highest BCUT2D eigenvalue weighted by Crippen LogP contribution is 2.49. The lowest BCUT2D eigenvalue weighted by Crippen LogP contribution is -2.29. The summed E-state index contributed by atoms with van der Waals surface area (Å²) in [4.78, 5) is 31.8. The lowest BCUT2D eigenvalue weighted by Gasteiger charge is -2.18. The van der Waals surface area contributed by atoms with Gasteiger partial charge in [-0.2, -0.15) is 0 Å². The summed E-state index contributed by atoms with van der Waals surface area (Å²) in [5, 5.41) is 11.2. The Labute approximate surface area is 207 Å². The molecule has 0 atom stereocenters. The standard InChI is InChI=1S/C25H26FN2O7P/c1-3-34-36(32,35-4-2)14-6-13-33-23-18-7-5-12-27-21(18)22(29)19-20(23)25(31)28(24(19)30)15-16-8-10-17(26)11-9-16/h5,7-12,29H,3-4,6,13-15H2,1-2H3. The number of aromatic hydroxyl groups is 1. The monoisotopic (exact) mass is 516 g/mol. The van der Waals surface area contributed by atoms with Crippen molar-refractivity contribution >= 4 is 30.3 Å². The second-order valence-corrected chi connectivity index (χ2v) is 10.2. The van der Waals surface area contributed by atoms with Crippen LogP contribution in [0.25, 0.3) is 10.9 Å². The van der Waals surface area contributed by atoms with E-state index in [1.165, 1.54) is 30.5 Å². The molecule has 4 rings (SSSR count). The third kappa shape index (κ3) is 4.97. The number of carbonyl (C=O) groups excluding carboxylic acids is 2. The van der Waals surface area contributed by atoms with Gasteiger partial charge in [0.05, 0.1) is 38.1 Å². The van der Waals surface area contributed by atoms with Crippen molar-refractivity contribution < 1.29 is 37.4 Å². The molecular formula is C25H26FN2O7P. The van der Waals surface area contributed by atoms with Gasteiger partial charge in [-0.15, -0.1) is 0 Å². The van der Waals surface area contributed by atoms with E-state index in [1.54, 1.807) is 26.0 Å². The van der Waals surface area contributed by atoms with Crippen LogP contribution in [0.3, 0.4) is 0 Å². The lowest BCUT2D eigenvalue weighted by atomic mass is 10.0. The van der Waals surface area contributed by atoms with Crippen LogP contribution in [0.4, 0.5) is 4.39 Å². The number of amides is 2. The summed E-state index contributed by atoms with van der Waals surface area (Å²) < 4.78 is 42.6. The third-order valence-electron chi connectivity index (χ3n) is 5.64. The largest absolute Gasteiger partial charge is 0.505 e. The number of benzene rings is 2. The van der Waals surface area contributed by atoms with Crippen LogP contribution in [0.1, 0.15) is 46.5 Å². The fourth-order valence-corrected chi connectivity index (χ4v) is 5.73. The van der Waals surface area contributed by atoms with Crippen molar-refractivity contribution in [1.82, 2.24) is 9.88 Å². The maximum atomic E-state index is 13.4. The minimum absolute atomic E-state index is 0.0464. The third-order valence-corrected chi connectivity index (χ3v) is 7.80. The summed E-state index contributed by atoms with van der Waals surface area (Å²) in [6.07, 6.45) is 1.85. The molecule has 2 aromatic carbocycles. The number of phenolic OH excluding ortho intramolecular Hbond substituents is 1. The summed E-state index contributed by atoms with van der Waals surface area (Å²) in [5.41, 5.74) is 0.388. The van der Waals surface area contributed by atoms with Gasteiger partial charge >= 0.3 is 7.60 Å². The molecule has 0 saturated carbocycles. The number of pyridine rings is 1. The van der Waals surface area contributed by atoms with Crippen molar-refractivity contribution in [3.8, 4) is 11.5 Å². The molecule has 1 N–H and O–H groups in total. The molecule has 2 heterocycles. The number of nitrogens with zero attached hydrogens (tertiary/aromatic N) is 2. The number of carbonyl (C=O) groups is 2. The van der Waals surface area contributed by atoms with Crippen molar-refractivity contribution in [2.75, 3.05) is 26.0 Å². The first-order valence-electron chi connectivity index (χ1n) is 11.5. The highest BCUT2D eigenvalue weighted by atomic mass is 31.2. The summed E-state index contributed by atoms with van der Waals surface area (Å²) >= 11 is 0. The van der Waals surface area contributed by atoms with Crippen molar-refractivity contribution in [2.24, 2.45) is 0 Å². The van der Waals surface area contributed by atoms with Crippen molar-refractivity contribution in [3.05, 3.63) is 65.1 Å². The van der Waals surface area contributed by atoms with Gasteiger partial charge in [0.15, 0.2) is 5.75 Å². The summed E-state index contributed by atoms with van der Waals surface area (Å²) in [5.74, 6) is -2.10. The molecule has 36 heavy (non-hydrogen) atoms. The molecular weight excluding hydrogens is 490 g/mol. The fraction of sp³-hybridized carbons (Fsp3) is 0.320. The van der Waals surface area contributed by atoms with E-state index in [1.807, 2.05) is 0 Å². The molecule has 2 amide bonds. The zero-order valence-corrected chi connectivity index (χ0v) is 20.8. The Morgan fingerprint density at radius 1 is 1.03 bits per heavy atom. The highest BCUT2D eigenvalue weighted by Gasteiger charge is 2.42. The molecule has 0 unspecified atom stereocenters. The molecule has 190 valence electrons. The van der Waals surface area contributed by atoms with Gasteiger partial charge in [-0.1, -0.05) is 12.1 Å². The Morgan fingerprint density at radius 3 is 2.36 bits per heavy atom. The first-order valence-corrected chi connectivity index (χ1v) is 13.3. The van der Waals surface area contributed by atoms with Gasteiger partial charge in [-0.05, 0) is 50.1 Å². The zero-order chi connectivity index (χ0) is 25.9. The number of hydrogen-bond donors (Lipinski definition) is 1. The van der Waals surface area contributed by atoms with E-state index in [-0.39, 0.29) is 61.3 Å². The van der Waals surface area contributed by atoms with E-state index in [0.29, 0.717) is 10.9 Å². The topological polar surface area (TPSA) is 115 Å². The highest BCUT2D eigenvalue weighted by molar-refractivity contribution is 7.53. The van der Waals surface area contributed by atoms with E-state index in [4.69, 9.17) is 13.8 Å². The number of phenols is 1. The Hall–Kier alpha value is -3.33. The Bertz CT molecular complexity index is 1340. The molecule has 0 bridgehead atoms. The average molecular weight is 516 g/mol. The van der Waals surface area contributed by atoms with Gasteiger partial charge in [-0.3, -0.25) is 24.0 Å². The minimum Gasteiger partial charge on any atom is -0.505 e. The number of ether oxygens (including phenoxy) is 1. The molecule has 0 aliphatic carbocycles. The Balaban J connectivity index is 1.65. The van der Waals surface area contributed by atoms with E-state index in [9.17, 15) is 23.7 Å². The maximum absolute atomic E-state index is 13.4. The number of aromatic nitrogens is 1. The van der Waals surface area contributed by atoms with Gasteiger partial charge in [0, 0.05) is 11.6 Å². The van der Waals surface area contributed by atoms with E-state index in [2.05, 4.69) is 4.98 Å². The lowest BCUT2D eigenvalue weighted by molar-refractivity contribution is 0.0640. The molecule has 0 fully saturated rings. The summed E-state index contributed by atoms with van der Waals surface area (Å²) in [6, 6.07) is 8.68. The Kier molecular flexibility index (Phi) is 7.68. The van der Waals surface area contributed by atoms with Crippen molar-refractivity contribution in [3.63, 3.8) is 0 Å². The first kappa shape index (κ1) is 25.8. The number of fused-ring (bicyclic) bond motifs is 2. The van der Waals surface area contributed by atoms with Gasteiger partial charge in [0.2, 0.25) is 0 Å². The van der Waals surface area contributed by atoms with E-state index >= 15 is 0 Å².